The van der Waals surface area contributed by atoms with E-state index in [4.69, 9.17) is 0 Å². The molecule has 0 aromatic heterocycles. The Kier molecular flexibility index (Phi) is 1.82. The molecule has 1 aromatic carbocycles. The number of fused-ring (bicyclic) bond motifs is 2. The highest BCUT2D eigenvalue weighted by Crippen LogP contribution is 2.57. The van der Waals surface area contributed by atoms with Crippen LogP contribution in [0.25, 0.3) is 0 Å². The maximum atomic E-state index is 4.16. The topological polar surface area (TPSA) is 6.48 Å². The monoisotopic (exact) mass is 238 g/mol. The molecule has 0 radical (unpaired) electrons. The Bertz CT molecular complexity index is 548. The van der Waals surface area contributed by atoms with Crippen LogP contribution in [0.2, 0.25) is 0 Å². The third kappa shape index (κ3) is 0.961. The minimum atomic E-state index is 0.192. The molecule has 92 valence electrons. The summed E-state index contributed by atoms with van der Waals surface area (Å²) in [5, 5.41) is 0. The fourth-order valence-electron chi connectivity index (χ4n) is 4.11. The summed E-state index contributed by atoms with van der Waals surface area (Å²) in [5.41, 5.74) is 3.02. The smallest absolute Gasteiger partial charge is 0.115 e. The first kappa shape index (κ1) is 10.2. The van der Waals surface area contributed by atoms with E-state index in [0.29, 0.717) is 12.1 Å². The molecule has 0 aliphatic carbocycles. The van der Waals surface area contributed by atoms with E-state index in [1.165, 1.54) is 17.7 Å². The summed E-state index contributed by atoms with van der Waals surface area (Å²) in [6.07, 6.45) is 8.33. The molecular weight excluding hydrogens is 220 g/mol. The average molecular weight is 238 g/mol. The van der Waals surface area contributed by atoms with Crippen LogP contribution in [0.4, 0.5) is 5.69 Å². The van der Waals surface area contributed by atoms with Crippen LogP contribution in [0.3, 0.4) is 0 Å². The maximum Gasteiger partial charge on any atom is 0.115 e. The van der Waals surface area contributed by atoms with Crippen LogP contribution >= 0.6 is 0 Å². The van der Waals surface area contributed by atoms with Gasteiger partial charge < -0.3 is 9.80 Å². The normalized spacial score (nSPS) is 35.6. The summed E-state index contributed by atoms with van der Waals surface area (Å²) in [5.74, 6) is 0.539. The quantitative estimate of drug-likeness (QED) is 0.693. The molecule has 0 spiro atoms. The van der Waals surface area contributed by atoms with Gasteiger partial charge in [0.1, 0.15) is 6.17 Å². The van der Waals surface area contributed by atoms with Gasteiger partial charge in [0, 0.05) is 30.0 Å². The molecule has 2 heteroatoms. The number of nitrogens with zero attached hydrogens (tertiary/aromatic N) is 2. The molecule has 3 unspecified atom stereocenters. The predicted octanol–water partition coefficient (Wildman–Crippen LogP) is 3.30. The molecule has 3 aliphatic heterocycles. The van der Waals surface area contributed by atoms with Crippen LogP contribution in [0.5, 0.6) is 0 Å². The maximum absolute atomic E-state index is 4.16. The first-order valence-electron chi connectivity index (χ1n) is 6.73. The van der Waals surface area contributed by atoms with Crippen LogP contribution < -0.4 is 4.90 Å². The van der Waals surface area contributed by atoms with Crippen molar-refractivity contribution in [1.29, 1.82) is 0 Å². The summed E-state index contributed by atoms with van der Waals surface area (Å²) in [6.45, 7) is 7.66. The molecular formula is C16H18N2. The lowest BCUT2D eigenvalue weighted by Gasteiger charge is -2.48. The Morgan fingerprint density at radius 3 is 3.00 bits per heavy atom. The summed E-state index contributed by atoms with van der Waals surface area (Å²) < 4.78 is 0. The second-order valence-corrected chi connectivity index (χ2v) is 5.66. The fourth-order valence-corrected chi connectivity index (χ4v) is 4.11. The van der Waals surface area contributed by atoms with E-state index in [-0.39, 0.29) is 5.41 Å². The van der Waals surface area contributed by atoms with Gasteiger partial charge in [-0.2, -0.15) is 0 Å². The van der Waals surface area contributed by atoms with Crippen molar-refractivity contribution >= 4 is 5.69 Å². The zero-order chi connectivity index (χ0) is 12.3. The van der Waals surface area contributed by atoms with Gasteiger partial charge in [0.15, 0.2) is 0 Å². The summed E-state index contributed by atoms with van der Waals surface area (Å²) >= 11 is 0. The van der Waals surface area contributed by atoms with Gasteiger partial charge in [-0.05, 0) is 24.0 Å². The van der Waals surface area contributed by atoms with Crippen molar-refractivity contribution in [2.45, 2.75) is 25.4 Å². The van der Waals surface area contributed by atoms with E-state index in [9.17, 15) is 0 Å². The van der Waals surface area contributed by atoms with Crippen molar-refractivity contribution in [3.63, 3.8) is 0 Å². The van der Waals surface area contributed by atoms with Crippen LogP contribution in [0.15, 0.2) is 49.3 Å². The first-order valence-corrected chi connectivity index (χ1v) is 6.73. The molecule has 0 amide bonds. The van der Waals surface area contributed by atoms with Crippen molar-refractivity contribution in [2.24, 2.45) is 5.41 Å². The van der Waals surface area contributed by atoms with Gasteiger partial charge in [-0.15, -0.1) is 6.58 Å². The third-order valence-electron chi connectivity index (χ3n) is 5.15. The number of hydrogen-bond donors (Lipinski definition) is 0. The van der Waals surface area contributed by atoms with E-state index in [1.807, 2.05) is 0 Å². The Hall–Kier alpha value is -1.70. The second kappa shape index (κ2) is 3.19. The third-order valence-corrected chi connectivity index (χ3v) is 5.15. The van der Waals surface area contributed by atoms with Crippen molar-refractivity contribution in [1.82, 2.24) is 4.90 Å². The number of rotatable bonds is 1. The molecule has 0 saturated carbocycles. The van der Waals surface area contributed by atoms with E-state index >= 15 is 0 Å². The lowest BCUT2D eigenvalue weighted by atomic mass is 9.67. The molecule has 1 saturated heterocycles. The molecule has 4 rings (SSSR count). The van der Waals surface area contributed by atoms with Gasteiger partial charge in [0.2, 0.25) is 0 Å². The van der Waals surface area contributed by atoms with Crippen molar-refractivity contribution < 1.29 is 0 Å². The Labute approximate surface area is 108 Å². The summed E-state index contributed by atoms with van der Waals surface area (Å²) in [7, 11) is 0. The largest absolute Gasteiger partial charge is 0.355 e. The van der Waals surface area contributed by atoms with Crippen molar-refractivity contribution in [2.75, 3.05) is 11.4 Å². The molecule has 3 heterocycles. The second-order valence-electron chi connectivity index (χ2n) is 5.66. The summed E-state index contributed by atoms with van der Waals surface area (Å²) in [6, 6.07) is 8.80. The molecule has 0 N–H and O–H groups in total. The van der Waals surface area contributed by atoms with Crippen LogP contribution in [-0.4, -0.2) is 17.6 Å². The lowest BCUT2D eigenvalue weighted by molar-refractivity contribution is 0.216. The van der Waals surface area contributed by atoms with Gasteiger partial charge in [-0.1, -0.05) is 31.2 Å². The number of para-hydroxylation sites is 1. The molecule has 3 aliphatic rings. The predicted molar refractivity (Wildman–Crippen MR) is 74.2 cm³/mol. The van der Waals surface area contributed by atoms with Crippen LogP contribution in [-0.2, 0) is 0 Å². The summed E-state index contributed by atoms with van der Waals surface area (Å²) in [4.78, 5) is 4.90. The van der Waals surface area contributed by atoms with Gasteiger partial charge in [0.05, 0.1) is 0 Å². The number of benzene rings is 1. The lowest BCUT2D eigenvalue weighted by Crippen LogP contribution is -2.50. The highest BCUT2D eigenvalue weighted by molar-refractivity contribution is 5.64. The zero-order valence-corrected chi connectivity index (χ0v) is 10.7. The minimum absolute atomic E-state index is 0.192. The highest BCUT2D eigenvalue weighted by Gasteiger charge is 2.55. The number of hydrogen-bond acceptors (Lipinski definition) is 2. The van der Waals surface area contributed by atoms with E-state index < -0.39 is 0 Å². The van der Waals surface area contributed by atoms with E-state index in [0.717, 1.165) is 6.54 Å². The standard InChI is InChI=1S/C16H18N2/c1-3-16-8-9-17-10-11-18(15(16)17)14-7-5-4-6-13(14)12(16)2/h3-7,10-12,15H,1,8-9H2,2H3. The van der Waals surface area contributed by atoms with E-state index in [1.54, 1.807) is 0 Å². The van der Waals surface area contributed by atoms with Gasteiger partial charge in [-0.25, -0.2) is 0 Å². The van der Waals surface area contributed by atoms with Gasteiger partial charge in [-0.3, -0.25) is 0 Å². The Morgan fingerprint density at radius 2 is 2.17 bits per heavy atom. The molecule has 1 fully saturated rings. The zero-order valence-electron chi connectivity index (χ0n) is 10.7. The molecule has 2 nitrogen and oxygen atoms in total. The Balaban J connectivity index is 1.98. The van der Waals surface area contributed by atoms with E-state index in [2.05, 4.69) is 66.0 Å². The van der Waals surface area contributed by atoms with Crippen molar-refractivity contribution in [3.8, 4) is 0 Å². The van der Waals surface area contributed by atoms with Crippen LogP contribution in [0, 0.1) is 5.41 Å². The van der Waals surface area contributed by atoms with Gasteiger partial charge in [0.25, 0.3) is 0 Å². The SMILES string of the molecule is C=CC12CCN3C=CN(c4ccccc4C1C)C32. The number of anilines is 1. The first-order chi connectivity index (χ1) is 8.78. The highest BCUT2D eigenvalue weighted by atomic mass is 15.4. The molecule has 0 bridgehead atoms. The minimum Gasteiger partial charge on any atom is -0.355 e. The van der Waals surface area contributed by atoms with Crippen LogP contribution in [0.1, 0.15) is 24.8 Å². The molecule has 1 aromatic rings. The molecule has 18 heavy (non-hydrogen) atoms. The Morgan fingerprint density at radius 1 is 1.33 bits per heavy atom. The van der Waals surface area contributed by atoms with Gasteiger partial charge >= 0.3 is 0 Å². The molecule has 3 atom stereocenters. The van der Waals surface area contributed by atoms with Crippen molar-refractivity contribution in [3.05, 3.63) is 54.9 Å². The average Bonchev–Trinajstić information content (AvgIpc) is 2.99. The fraction of sp³-hybridized carbons (Fsp3) is 0.375.